The summed E-state index contributed by atoms with van der Waals surface area (Å²) < 4.78 is 5.25. The van der Waals surface area contributed by atoms with E-state index in [-0.39, 0.29) is 17.7 Å². The lowest BCUT2D eigenvalue weighted by Gasteiger charge is -2.31. The van der Waals surface area contributed by atoms with Gasteiger partial charge in [-0.15, -0.1) is 0 Å². The monoisotopic (exact) mass is 426 g/mol. The van der Waals surface area contributed by atoms with Gasteiger partial charge in [0.05, 0.1) is 0 Å². The number of carbonyl (C=O) groups is 4. The molecule has 0 bridgehead atoms. The van der Waals surface area contributed by atoms with Crippen LogP contribution in [-0.4, -0.2) is 59.0 Å². The number of rotatable bonds is 8. The number of primary amides is 1. The summed E-state index contributed by atoms with van der Waals surface area (Å²) in [6.45, 7) is 13.1. The van der Waals surface area contributed by atoms with Crippen molar-refractivity contribution in [1.82, 2.24) is 15.5 Å². The second kappa shape index (κ2) is 10.6. The zero-order valence-corrected chi connectivity index (χ0v) is 19.3. The van der Waals surface area contributed by atoms with Crippen molar-refractivity contribution in [3.8, 4) is 0 Å². The smallest absolute Gasteiger partial charge is 0.408 e. The topological polar surface area (TPSA) is 131 Å². The molecule has 1 aliphatic heterocycles. The van der Waals surface area contributed by atoms with Gasteiger partial charge in [0.25, 0.3) is 0 Å². The molecule has 0 radical (unpaired) electrons. The summed E-state index contributed by atoms with van der Waals surface area (Å²) in [5, 5.41) is 5.38. The van der Waals surface area contributed by atoms with Crippen LogP contribution in [0.2, 0.25) is 0 Å². The van der Waals surface area contributed by atoms with Gasteiger partial charge < -0.3 is 26.0 Å². The Kier molecular flexibility index (Phi) is 9.11. The third-order valence-corrected chi connectivity index (χ3v) is 4.81. The molecule has 0 aromatic rings. The van der Waals surface area contributed by atoms with E-state index in [1.54, 1.807) is 34.6 Å². The van der Waals surface area contributed by atoms with E-state index in [9.17, 15) is 19.2 Å². The Morgan fingerprint density at radius 1 is 1.10 bits per heavy atom. The maximum absolute atomic E-state index is 13.1. The molecule has 1 aliphatic rings. The van der Waals surface area contributed by atoms with E-state index in [1.165, 1.54) is 4.90 Å². The van der Waals surface area contributed by atoms with Crippen LogP contribution in [0.3, 0.4) is 0 Å². The van der Waals surface area contributed by atoms with Crippen LogP contribution in [0.4, 0.5) is 4.79 Å². The van der Waals surface area contributed by atoms with E-state index in [1.807, 2.05) is 13.8 Å². The second-order valence-electron chi connectivity index (χ2n) is 9.65. The lowest BCUT2D eigenvalue weighted by Crippen LogP contribution is -2.57. The van der Waals surface area contributed by atoms with Gasteiger partial charge in [-0.3, -0.25) is 14.4 Å². The first-order valence-corrected chi connectivity index (χ1v) is 10.6. The molecule has 1 heterocycles. The summed E-state index contributed by atoms with van der Waals surface area (Å²) in [6.07, 6.45) is 0.926. The zero-order chi connectivity index (χ0) is 23.2. The standard InChI is InChI=1S/C21H38N4O5/c1-12(2)11-14(19(28)25-10-8-9-15(25)17(22)26)23-18(27)16(13(3)4)24-20(29)30-21(5,6)7/h12-16H,8-11H2,1-7H3,(H2,22,26)(H,23,27)(H,24,29)/t14-,15-,16-/m1/s1. The largest absolute Gasteiger partial charge is 0.444 e. The Bertz CT molecular complexity index is 642. The van der Waals surface area contributed by atoms with Gasteiger partial charge in [0.15, 0.2) is 0 Å². The number of amides is 4. The van der Waals surface area contributed by atoms with E-state index in [4.69, 9.17) is 10.5 Å². The quantitative estimate of drug-likeness (QED) is 0.542. The highest BCUT2D eigenvalue weighted by atomic mass is 16.6. The summed E-state index contributed by atoms with van der Waals surface area (Å²) in [7, 11) is 0. The van der Waals surface area contributed by atoms with Crippen molar-refractivity contribution < 1.29 is 23.9 Å². The minimum Gasteiger partial charge on any atom is -0.444 e. The van der Waals surface area contributed by atoms with Crippen molar-refractivity contribution in [2.75, 3.05) is 6.54 Å². The average Bonchev–Trinajstić information content (AvgIpc) is 3.06. The van der Waals surface area contributed by atoms with Gasteiger partial charge in [-0.05, 0) is 51.9 Å². The van der Waals surface area contributed by atoms with E-state index in [0.29, 0.717) is 25.8 Å². The highest BCUT2D eigenvalue weighted by molar-refractivity contribution is 5.94. The summed E-state index contributed by atoms with van der Waals surface area (Å²) in [5.74, 6) is -1.42. The van der Waals surface area contributed by atoms with Gasteiger partial charge in [0, 0.05) is 6.54 Å². The number of hydrogen-bond donors (Lipinski definition) is 3. The molecule has 9 nitrogen and oxygen atoms in total. The maximum Gasteiger partial charge on any atom is 0.408 e. The highest BCUT2D eigenvalue weighted by Crippen LogP contribution is 2.20. The SMILES string of the molecule is CC(C)C[C@@H](NC(=O)[C@H](NC(=O)OC(C)(C)C)C(C)C)C(=O)N1CCC[C@@H]1C(N)=O. The Morgan fingerprint density at radius 2 is 1.70 bits per heavy atom. The number of hydrogen-bond acceptors (Lipinski definition) is 5. The zero-order valence-electron chi connectivity index (χ0n) is 19.3. The molecule has 0 aromatic carbocycles. The van der Waals surface area contributed by atoms with Crippen LogP contribution in [0.1, 0.15) is 67.7 Å². The molecule has 0 aromatic heterocycles. The molecule has 0 unspecified atom stereocenters. The molecule has 3 atom stereocenters. The van der Waals surface area contributed by atoms with Crippen LogP contribution < -0.4 is 16.4 Å². The van der Waals surface area contributed by atoms with Crippen molar-refractivity contribution in [2.45, 2.75) is 91.5 Å². The van der Waals surface area contributed by atoms with Crippen LogP contribution in [-0.2, 0) is 19.1 Å². The summed E-state index contributed by atoms with van der Waals surface area (Å²) in [6, 6.07) is -2.32. The average molecular weight is 427 g/mol. The van der Waals surface area contributed by atoms with Crippen molar-refractivity contribution in [3.63, 3.8) is 0 Å². The number of likely N-dealkylation sites (tertiary alicyclic amines) is 1. The van der Waals surface area contributed by atoms with Gasteiger partial charge in [0.1, 0.15) is 23.7 Å². The predicted molar refractivity (Wildman–Crippen MR) is 113 cm³/mol. The fraction of sp³-hybridized carbons (Fsp3) is 0.810. The first-order chi connectivity index (χ1) is 13.7. The van der Waals surface area contributed by atoms with Gasteiger partial charge in [-0.2, -0.15) is 0 Å². The summed E-state index contributed by atoms with van der Waals surface area (Å²) in [5.41, 5.74) is 4.74. The molecule has 1 fully saturated rings. The van der Waals surface area contributed by atoms with E-state index < -0.39 is 41.6 Å². The fourth-order valence-electron chi connectivity index (χ4n) is 3.45. The molecule has 1 rings (SSSR count). The molecule has 4 N–H and O–H groups in total. The number of carbonyl (C=O) groups excluding carboxylic acids is 4. The number of nitrogens with one attached hydrogen (secondary N) is 2. The Balaban J connectivity index is 2.95. The molecule has 0 spiro atoms. The van der Waals surface area contributed by atoms with Crippen LogP contribution >= 0.6 is 0 Å². The van der Waals surface area contributed by atoms with Gasteiger partial charge in [-0.25, -0.2) is 4.79 Å². The van der Waals surface area contributed by atoms with Crippen LogP contribution in [0.25, 0.3) is 0 Å². The molecule has 4 amide bonds. The highest BCUT2D eigenvalue weighted by Gasteiger charge is 2.38. The van der Waals surface area contributed by atoms with Crippen LogP contribution in [0.5, 0.6) is 0 Å². The third kappa shape index (κ3) is 7.84. The Labute approximate surface area is 179 Å². The molecule has 172 valence electrons. The third-order valence-electron chi connectivity index (χ3n) is 4.81. The molecule has 0 saturated carbocycles. The first-order valence-electron chi connectivity index (χ1n) is 10.6. The maximum atomic E-state index is 13.1. The minimum atomic E-state index is -0.868. The van der Waals surface area contributed by atoms with Crippen molar-refractivity contribution in [3.05, 3.63) is 0 Å². The molecule has 0 aliphatic carbocycles. The Morgan fingerprint density at radius 3 is 2.17 bits per heavy atom. The normalized spacial score (nSPS) is 18.8. The first kappa shape index (κ1) is 25.7. The van der Waals surface area contributed by atoms with Gasteiger partial charge >= 0.3 is 6.09 Å². The second-order valence-corrected chi connectivity index (χ2v) is 9.65. The Hall–Kier alpha value is -2.32. The van der Waals surface area contributed by atoms with Gasteiger partial charge in [-0.1, -0.05) is 27.7 Å². The lowest BCUT2D eigenvalue weighted by molar-refractivity contribution is -0.141. The van der Waals surface area contributed by atoms with Gasteiger partial charge in [0.2, 0.25) is 17.7 Å². The van der Waals surface area contributed by atoms with Crippen LogP contribution in [0.15, 0.2) is 0 Å². The van der Waals surface area contributed by atoms with Crippen molar-refractivity contribution >= 4 is 23.8 Å². The van der Waals surface area contributed by atoms with Crippen molar-refractivity contribution in [1.29, 1.82) is 0 Å². The molecule has 30 heavy (non-hydrogen) atoms. The minimum absolute atomic E-state index is 0.130. The fourth-order valence-corrected chi connectivity index (χ4v) is 3.45. The molecule has 1 saturated heterocycles. The van der Waals surface area contributed by atoms with E-state index in [2.05, 4.69) is 10.6 Å². The molecular weight excluding hydrogens is 388 g/mol. The number of nitrogens with two attached hydrogens (primary N) is 1. The number of nitrogens with zero attached hydrogens (tertiary/aromatic N) is 1. The van der Waals surface area contributed by atoms with Crippen LogP contribution in [0, 0.1) is 11.8 Å². The summed E-state index contributed by atoms with van der Waals surface area (Å²) >= 11 is 0. The number of alkyl carbamates (subject to hydrolysis) is 1. The van der Waals surface area contributed by atoms with Crippen molar-refractivity contribution in [2.24, 2.45) is 17.6 Å². The van der Waals surface area contributed by atoms with E-state index >= 15 is 0 Å². The molecular formula is C21H38N4O5. The van der Waals surface area contributed by atoms with E-state index in [0.717, 1.165) is 0 Å². The molecule has 9 heteroatoms. The summed E-state index contributed by atoms with van der Waals surface area (Å²) in [4.78, 5) is 51.4. The lowest BCUT2D eigenvalue weighted by atomic mass is 9.99. The predicted octanol–water partition coefficient (Wildman–Crippen LogP) is 1.54. The number of ether oxygens (including phenoxy) is 1.